The molecule has 0 aliphatic rings. The summed E-state index contributed by atoms with van der Waals surface area (Å²) in [5.41, 5.74) is 4.45. The highest BCUT2D eigenvalue weighted by atomic mass is 79.9. The molecule has 4 aromatic rings. The molecule has 2 aromatic heterocycles. The summed E-state index contributed by atoms with van der Waals surface area (Å²) < 4.78 is 3.43. The topological polar surface area (TPSA) is 46.5 Å². The van der Waals surface area contributed by atoms with E-state index in [0.29, 0.717) is 0 Å². The van der Waals surface area contributed by atoms with E-state index in [9.17, 15) is 0 Å². The Labute approximate surface area is 129 Å². The molecule has 4 rings (SSSR count). The second-order valence-electron chi connectivity index (χ2n) is 4.99. The van der Waals surface area contributed by atoms with Crippen molar-refractivity contribution in [2.24, 2.45) is 0 Å². The van der Waals surface area contributed by atoms with Gasteiger partial charge in [0.05, 0.1) is 6.20 Å². The molecular formula is C16H13BrN4. The van der Waals surface area contributed by atoms with Gasteiger partial charge in [0.1, 0.15) is 5.69 Å². The smallest absolute Gasteiger partial charge is 0.112 e. The summed E-state index contributed by atoms with van der Waals surface area (Å²) in [6.07, 6.45) is 1.75. The first kappa shape index (κ1) is 12.6. The molecule has 1 N–H and O–H groups in total. The lowest BCUT2D eigenvalue weighted by Crippen LogP contribution is -1.92. The second-order valence-corrected chi connectivity index (χ2v) is 5.91. The molecule has 0 unspecified atom stereocenters. The van der Waals surface area contributed by atoms with Gasteiger partial charge in [-0.2, -0.15) is 15.4 Å². The van der Waals surface area contributed by atoms with E-state index in [4.69, 9.17) is 0 Å². The number of aryl methyl sites for hydroxylation is 1. The molecule has 104 valence electrons. The number of H-pyrrole nitrogens is 1. The van der Waals surface area contributed by atoms with Crippen molar-refractivity contribution in [3.63, 3.8) is 0 Å². The molecule has 0 fully saturated rings. The number of nitrogens with zero attached hydrogens (tertiary/aromatic N) is 3. The Bertz CT molecular complexity index is 938. The maximum Gasteiger partial charge on any atom is 0.112 e. The summed E-state index contributed by atoms with van der Waals surface area (Å²) in [5, 5.41) is 13.2. The lowest BCUT2D eigenvalue weighted by molar-refractivity contribution is 0.827. The van der Waals surface area contributed by atoms with E-state index in [2.05, 4.69) is 79.2 Å². The molecule has 0 amide bonds. The summed E-state index contributed by atoms with van der Waals surface area (Å²) in [4.78, 5) is 0. The molecule has 2 aromatic carbocycles. The molecule has 0 spiro atoms. The van der Waals surface area contributed by atoms with E-state index in [1.165, 1.54) is 21.8 Å². The predicted molar refractivity (Wildman–Crippen MR) is 88.2 cm³/mol. The Morgan fingerprint density at radius 2 is 1.86 bits per heavy atom. The number of fused-ring (bicyclic) bond motifs is 3. The quantitative estimate of drug-likeness (QED) is 0.589. The van der Waals surface area contributed by atoms with E-state index >= 15 is 0 Å². The molecule has 0 saturated carbocycles. The van der Waals surface area contributed by atoms with Crippen LogP contribution in [-0.2, 0) is 6.54 Å². The molecule has 21 heavy (non-hydrogen) atoms. The Morgan fingerprint density at radius 3 is 2.57 bits per heavy atom. The minimum Gasteiger partial charge on any atom is -0.341 e. The number of rotatable bonds is 2. The minimum absolute atomic E-state index is 0.865. The highest BCUT2D eigenvalue weighted by Crippen LogP contribution is 2.33. The first-order valence-electron chi connectivity index (χ1n) is 6.85. The van der Waals surface area contributed by atoms with Gasteiger partial charge in [0.2, 0.25) is 0 Å². The average Bonchev–Trinajstić information content (AvgIpc) is 3.12. The molecule has 5 heteroatoms. The highest BCUT2D eigenvalue weighted by Gasteiger charge is 2.11. The van der Waals surface area contributed by atoms with Gasteiger partial charge in [-0.15, -0.1) is 0 Å². The van der Waals surface area contributed by atoms with Crippen LogP contribution >= 0.6 is 15.9 Å². The van der Waals surface area contributed by atoms with Crippen LogP contribution in [-0.4, -0.2) is 20.0 Å². The first-order chi connectivity index (χ1) is 10.3. The van der Waals surface area contributed by atoms with Crippen LogP contribution in [0.3, 0.4) is 0 Å². The van der Waals surface area contributed by atoms with Crippen molar-refractivity contribution in [2.75, 3.05) is 0 Å². The fourth-order valence-electron chi connectivity index (χ4n) is 2.92. The van der Waals surface area contributed by atoms with E-state index in [0.717, 1.165) is 22.3 Å². The van der Waals surface area contributed by atoms with Crippen LogP contribution in [0.25, 0.3) is 33.1 Å². The number of aromatic nitrogens is 4. The van der Waals surface area contributed by atoms with Crippen molar-refractivity contribution in [1.82, 2.24) is 20.0 Å². The van der Waals surface area contributed by atoms with Crippen LogP contribution in [0.5, 0.6) is 0 Å². The Hall–Kier alpha value is -2.14. The third-order valence-electron chi connectivity index (χ3n) is 3.85. The molecule has 0 saturated heterocycles. The molecule has 0 atom stereocenters. The zero-order chi connectivity index (χ0) is 14.4. The van der Waals surface area contributed by atoms with Gasteiger partial charge >= 0.3 is 0 Å². The molecule has 2 heterocycles. The van der Waals surface area contributed by atoms with Crippen LogP contribution in [0.1, 0.15) is 6.92 Å². The number of nitrogens with one attached hydrogen (secondary N) is 1. The summed E-state index contributed by atoms with van der Waals surface area (Å²) in [6.45, 7) is 3.12. The van der Waals surface area contributed by atoms with Gasteiger partial charge in [0, 0.05) is 38.4 Å². The van der Waals surface area contributed by atoms with Crippen LogP contribution in [0.4, 0.5) is 0 Å². The van der Waals surface area contributed by atoms with Crippen molar-refractivity contribution >= 4 is 37.7 Å². The zero-order valence-corrected chi connectivity index (χ0v) is 13.1. The largest absolute Gasteiger partial charge is 0.341 e. The predicted octanol–water partition coefficient (Wildman–Crippen LogP) is 4.36. The molecule has 0 radical (unpaired) electrons. The number of halogens is 1. The molecule has 0 aliphatic carbocycles. The van der Waals surface area contributed by atoms with Crippen LogP contribution in [0, 0.1) is 0 Å². The molecular weight excluding hydrogens is 328 g/mol. The maximum atomic E-state index is 4.17. The van der Waals surface area contributed by atoms with Gasteiger partial charge in [0.15, 0.2) is 0 Å². The fourth-order valence-corrected chi connectivity index (χ4v) is 3.28. The average molecular weight is 341 g/mol. The lowest BCUT2D eigenvalue weighted by Gasteiger charge is -2.03. The van der Waals surface area contributed by atoms with Crippen LogP contribution in [0.15, 0.2) is 47.1 Å². The van der Waals surface area contributed by atoms with Crippen LogP contribution < -0.4 is 0 Å². The number of hydrogen-bond donors (Lipinski definition) is 1. The van der Waals surface area contributed by atoms with Crippen molar-refractivity contribution in [1.29, 1.82) is 0 Å². The van der Waals surface area contributed by atoms with Crippen molar-refractivity contribution in [3.05, 3.63) is 47.1 Å². The second kappa shape index (κ2) is 4.70. The van der Waals surface area contributed by atoms with Gasteiger partial charge in [0.25, 0.3) is 0 Å². The Morgan fingerprint density at radius 1 is 1.10 bits per heavy atom. The van der Waals surface area contributed by atoms with Crippen molar-refractivity contribution < 1.29 is 0 Å². The van der Waals surface area contributed by atoms with Gasteiger partial charge in [-0.1, -0.05) is 22.0 Å². The fraction of sp³-hybridized carbons (Fsp3) is 0.125. The number of hydrogen-bond acceptors (Lipinski definition) is 2. The van der Waals surface area contributed by atoms with E-state index in [-0.39, 0.29) is 0 Å². The van der Waals surface area contributed by atoms with E-state index in [1.54, 1.807) is 6.20 Å². The van der Waals surface area contributed by atoms with E-state index < -0.39 is 0 Å². The number of aromatic amines is 1. The third kappa shape index (κ3) is 1.88. The van der Waals surface area contributed by atoms with Gasteiger partial charge < -0.3 is 4.57 Å². The SMILES string of the molecule is CCn1c2ccc(Br)cc2c2cc(-c3cn[nH]n3)ccc21. The van der Waals surface area contributed by atoms with Crippen LogP contribution in [0.2, 0.25) is 0 Å². The normalized spacial score (nSPS) is 11.5. The van der Waals surface area contributed by atoms with E-state index in [1.807, 2.05) is 0 Å². The van der Waals surface area contributed by atoms with Crippen molar-refractivity contribution in [2.45, 2.75) is 13.5 Å². The Kier molecular flexibility index (Phi) is 2.82. The first-order valence-corrected chi connectivity index (χ1v) is 7.65. The maximum absolute atomic E-state index is 4.17. The molecule has 4 nitrogen and oxygen atoms in total. The number of benzene rings is 2. The van der Waals surface area contributed by atoms with Gasteiger partial charge in [-0.05, 0) is 37.3 Å². The summed E-state index contributed by atoms with van der Waals surface area (Å²) in [6, 6.07) is 12.9. The molecule has 0 bridgehead atoms. The van der Waals surface area contributed by atoms with Crippen molar-refractivity contribution in [3.8, 4) is 11.3 Å². The van der Waals surface area contributed by atoms with Gasteiger partial charge in [-0.25, -0.2) is 0 Å². The lowest BCUT2D eigenvalue weighted by atomic mass is 10.1. The monoisotopic (exact) mass is 340 g/mol. The summed E-state index contributed by atoms with van der Waals surface area (Å²) in [7, 11) is 0. The third-order valence-corrected chi connectivity index (χ3v) is 4.35. The summed E-state index contributed by atoms with van der Waals surface area (Å²) in [5.74, 6) is 0. The molecule has 0 aliphatic heterocycles. The van der Waals surface area contributed by atoms with Gasteiger partial charge in [-0.3, -0.25) is 0 Å². The minimum atomic E-state index is 0.865. The summed E-state index contributed by atoms with van der Waals surface area (Å²) >= 11 is 3.57. The standard InChI is InChI=1S/C16H13BrN4/c1-2-21-15-5-3-10(14-9-18-20-19-14)7-12(15)13-8-11(17)4-6-16(13)21/h3-9H,2H2,1H3,(H,18,19,20). The zero-order valence-electron chi connectivity index (χ0n) is 11.5. The Balaban J connectivity index is 2.10. The highest BCUT2D eigenvalue weighted by molar-refractivity contribution is 9.10.